The highest BCUT2D eigenvalue weighted by Gasteiger charge is 2.34. The smallest absolute Gasteiger partial charge is 0.321 e. The van der Waals surface area contributed by atoms with Crippen LogP contribution >= 0.6 is 0 Å². The Morgan fingerprint density at radius 3 is 2.59 bits per heavy atom. The number of rotatable bonds is 7. The van der Waals surface area contributed by atoms with Crippen molar-refractivity contribution in [1.82, 2.24) is 14.8 Å². The van der Waals surface area contributed by atoms with Crippen LogP contribution in [-0.4, -0.2) is 84.9 Å². The van der Waals surface area contributed by atoms with Gasteiger partial charge in [-0.15, -0.1) is 0 Å². The van der Waals surface area contributed by atoms with Crippen molar-refractivity contribution in [1.29, 1.82) is 0 Å². The number of fused-ring (bicyclic) bond motifs is 2. The van der Waals surface area contributed by atoms with Gasteiger partial charge in [-0.1, -0.05) is 55.2 Å². The molecular weight excluding hydrogens is 584 g/mol. The van der Waals surface area contributed by atoms with Crippen LogP contribution in [-0.2, 0) is 0 Å². The van der Waals surface area contributed by atoms with Gasteiger partial charge >= 0.3 is 6.03 Å². The number of pyridine rings is 1. The molecule has 0 bridgehead atoms. The maximum Gasteiger partial charge on any atom is 0.321 e. The third-order valence-electron chi connectivity index (χ3n) is 8.09. The van der Waals surface area contributed by atoms with Crippen molar-refractivity contribution in [2.24, 2.45) is 5.92 Å². The zero-order valence-corrected chi connectivity index (χ0v) is 26.6. The lowest BCUT2D eigenvalue weighted by atomic mass is 10.00. The molecule has 238 valence electrons. The van der Waals surface area contributed by atoms with Crippen molar-refractivity contribution in [2.75, 3.05) is 46.3 Å². The third kappa shape index (κ3) is 7.00. The van der Waals surface area contributed by atoms with Gasteiger partial charge in [0, 0.05) is 42.2 Å². The van der Waals surface area contributed by atoms with Crippen molar-refractivity contribution in [3.05, 3.63) is 89.6 Å². The Balaban J connectivity index is 1.40. The summed E-state index contributed by atoms with van der Waals surface area (Å²) in [5.74, 6) is 6.95. The van der Waals surface area contributed by atoms with E-state index in [-0.39, 0.29) is 42.5 Å². The van der Waals surface area contributed by atoms with E-state index >= 15 is 0 Å². The van der Waals surface area contributed by atoms with Crippen LogP contribution in [0.15, 0.2) is 72.9 Å². The van der Waals surface area contributed by atoms with Gasteiger partial charge in [-0.2, -0.15) is 0 Å². The summed E-state index contributed by atoms with van der Waals surface area (Å²) in [7, 11) is 4.83. The number of urea groups is 1. The van der Waals surface area contributed by atoms with Gasteiger partial charge in [-0.25, -0.2) is 9.78 Å². The number of aliphatic hydroxyl groups excluding tert-OH is 1. The molecule has 10 heteroatoms. The maximum atomic E-state index is 13.8. The fourth-order valence-corrected chi connectivity index (χ4v) is 5.34. The van der Waals surface area contributed by atoms with E-state index in [1.165, 1.54) is 0 Å². The highest BCUT2D eigenvalue weighted by Crippen LogP contribution is 2.29. The average Bonchev–Trinajstić information content (AvgIpc) is 3.08. The second-order valence-electron chi connectivity index (χ2n) is 11.4. The van der Waals surface area contributed by atoms with E-state index in [4.69, 9.17) is 14.2 Å². The highest BCUT2D eigenvalue weighted by atomic mass is 16.5. The number of anilines is 1. The Morgan fingerprint density at radius 2 is 1.83 bits per heavy atom. The quantitative estimate of drug-likeness (QED) is 0.278. The van der Waals surface area contributed by atoms with Crippen LogP contribution in [0.25, 0.3) is 10.8 Å². The number of likely N-dealkylation sites (N-methyl/N-ethyl adjacent to an activating group) is 1. The van der Waals surface area contributed by atoms with Crippen LogP contribution < -0.4 is 19.5 Å². The Bertz CT molecular complexity index is 1790. The van der Waals surface area contributed by atoms with Gasteiger partial charge in [0.05, 0.1) is 39.1 Å². The molecule has 3 amide bonds. The molecule has 1 aromatic heterocycles. The van der Waals surface area contributed by atoms with Crippen LogP contribution in [0.1, 0.15) is 35.3 Å². The van der Waals surface area contributed by atoms with E-state index in [0.29, 0.717) is 34.9 Å². The first-order chi connectivity index (χ1) is 22.2. The Hall–Kier alpha value is -5.27. The maximum absolute atomic E-state index is 13.8. The Labute approximate surface area is 268 Å². The lowest BCUT2D eigenvalue weighted by Crippen LogP contribution is -2.50. The van der Waals surface area contributed by atoms with Crippen molar-refractivity contribution in [2.45, 2.75) is 26.0 Å². The van der Waals surface area contributed by atoms with Gasteiger partial charge in [-0.05, 0) is 42.6 Å². The third-order valence-corrected chi connectivity index (χ3v) is 8.09. The van der Waals surface area contributed by atoms with Gasteiger partial charge in [0.15, 0.2) is 11.5 Å². The number of benzene rings is 3. The van der Waals surface area contributed by atoms with Gasteiger partial charge in [-0.3, -0.25) is 4.79 Å². The first kappa shape index (κ1) is 32.1. The van der Waals surface area contributed by atoms with E-state index in [1.54, 1.807) is 62.4 Å². The van der Waals surface area contributed by atoms with Crippen LogP contribution in [0, 0.1) is 17.8 Å². The molecule has 10 nitrogen and oxygen atoms in total. The molecule has 0 aliphatic carbocycles. The summed E-state index contributed by atoms with van der Waals surface area (Å²) < 4.78 is 17.1. The number of aliphatic hydroxyl groups is 1. The van der Waals surface area contributed by atoms with Crippen LogP contribution in [0.3, 0.4) is 0 Å². The first-order valence-corrected chi connectivity index (χ1v) is 15.0. The number of carbonyl (C=O) groups is 2. The minimum Gasteiger partial charge on any atom is -0.493 e. The molecule has 2 heterocycles. The lowest BCUT2D eigenvalue weighted by Gasteiger charge is -2.37. The molecule has 0 saturated carbocycles. The zero-order valence-electron chi connectivity index (χ0n) is 26.6. The minimum absolute atomic E-state index is 0.149. The Kier molecular flexibility index (Phi) is 9.94. The molecule has 46 heavy (non-hydrogen) atoms. The SMILES string of the molecule is COc1ccc(C#Cc2cnc3c(c2)C(=O)N([C@H](C)CO)C[C@H](C)[C@H](CN(C)C(=O)Nc2cccc4ccccc24)O3)cc1OC. The summed E-state index contributed by atoms with van der Waals surface area (Å²) in [6, 6.07) is 19.9. The Morgan fingerprint density at radius 1 is 1.09 bits per heavy atom. The number of methoxy groups -OCH3 is 2. The van der Waals surface area contributed by atoms with Gasteiger partial charge < -0.3 is 34.4 Å². The molecule has 0 unspecified atom stereocenters. The van der Waals surface area contributed by atoms with Crippen LogP contribution in [0.4, 0.5) is 10.5 Å². The predicted molar refractivity (Wildman–Crippen MR) is 177 cm³/mol. The number of nitrogens with one attached hydrogen (secondary N) is 1. The second kappa shape index (κ2) is 14.2. The van der Waals surface area contributed by atoms with Crippen molar-refractivity contribution >= 4 is 28.4 Å². The fourth-order valence-electron chi connectivity index (χ4n) is 5.34. The van der Waals surface area contributed by atoms with E-state index in [9.17, 15) is 14.7 Å². The standard InChI is InChI=1S/C36H38N4O6/c1-23-20-40(24(2)22-41)35(42)29-17-26(14-13-25-15-16-31(44-4)32(18-25)45-5)19-37-34(29)46-33(23)21-39(3)36(43)38-30-12-8-10-27-9-6-7-11-28(27)30/h6-12,15-19,23-24,33,41H,20-22H2,1-5H3,(H,38,43)/t23-,24+,33-/m0/s1. The normalized spacial score (nSPS) is 16.6. The van der Waals surface area contributed by atoms with Crippen LogP contribution in [0.2, 0.25) is 0 Å². The average molecular weight is 623 g/mol. The minimum atomic E-state index is -0.500. The summed E-state index contributed by atoms with van der Waals surface area (Å²) in [6.45, 7) is 4.08. The molecule has 2 N–H and O–H groups in total. The van der Waals surface area contributed by atoms with Crippen molar-refractivity contribution < 1.29 is 28.9 Å². The lowest BCUT2D eigenvalue weighted by molar-refractivity contribution is 0.0356. The molecule has 3 atom stereocenters. The summed E-state index contributed by atoms with van der Waals surface area (Å²) in [5, 5.41) is 15.0. The number of amides is 3. The summed E-state index contributed by atoms with van der Waals surface area (Å²) in [4.78, 5) is 34.8. The van der Waals surface area contributed by atoms with E-state index < -0.39 is 12.1 Å². The molecular formula is C36H38N4O6. The molecule has 0 saturated heterocycles. The molecule has 3 aromatic carbocycles. The van der Waals surface area contributed by atoms with E-state index in [1.807, 2.05) is 55.5 Å². The fraction of sp³-hybridized carbons (Fsp3) is 0.306. The molecule has 0 fully saturated rings. The van der Waals surface area contributed by atoms with Gasteiger partial charge in [0.1, 0.15) is 11.7 Å². The number of hydrogen-bond donors (Lipinski definition) is 2. The molecule has 1 aliphatic heterocycles. The largest absolute Gasteiger partial charge is 0.493 e. The summed E-state index contributed by atoms with van der Waals surface area (Å²) in [6.07, 6.45) is 1.06. The zero-order chi connectivity index (χ0) is 32.8. The summed E-state index contributed by atoms with van der Waals surface area (Å²) in [5.41, 5.74) is 2.16. The van der Waals surface area contributed by atoms with Gasteiger partial charge in [0.25, 0.3) is 5.91 Å². The highest BCUT2D eigenvalue weighted by molar-refractivity contribution is 6.01. The molecule has 1 aliphatic rings. The van der Waals surface area contributed by atoms with E-state index in [0.717, 1.165) is 10.8 Å². The molecule has 5 rings (SSSR count). The summed E-state index contributed by atoms with van der Waals surface area (Å²) >= 11 is 0. The number of carbonyl (C=O) groups excluding carboxylic acids is 2. The van der Waals surface area contributed by atoms with Crippen molar-refractivity contribution in [3.63, 3.8) is 0 Å². The number of hydrogen-bond acceptors (Lipinski definition) is 7. The van der Waals surface area contributed by atoms with Gasteiger partial charge in [0.2, 0.25) is 5.88 Å². The first-order valence-electron chi connectivity index (χ1n) is 15.0. The molecule has 4 aromatic rings. The predicted octanol–water partition coefficient (Wildman–Crippen LogP) is 5.04. The molecule has 0 radical (unpaired) electrons. The van der Waals surface area contributed by atoms with Crippen molar-refractivity contribution in [3.8, 4) is 29.2 Å². The molecule has 0 spiro atoms. The monoisotopic (exact) mass is 622 g/mol. The van der Waals surface area contributed by atoms with Crippen LogP contribution in [0.5, 0.6) is 17.4 Å². The number of ether oxygens (including phenoxy) is 3. The topological polar surface area (TPSA) is 113 Å². The number of aromatic nitrogens is 1. The second-order valence-corrected chi connectivity index (χ2v) is 11.4. The number of nitrogens with zero attached hydrogens (tertiary/aromatic N) is 3. The van der Waals surface area contributed by atoms with E-state index in [2.05, 4.69) is 22.1 Å².